The van der Waals surface area contributed by atoms with E-state index in [9.17, 15) is 9.59 Å². The fraction of sp³-hybridized carbons (Fsp3) is 0.444. The summed E-state index contributed by atoms with van der Waals surface area (Å²) in [4.78, 5) is 34.1. The fourth-order valence-corrected chi connectivity index (χ4v) is 4.13. The normalized spacial score (nSPS) is 16.1. The average Bonchev–Trinajstić information content (AvgIpc) is 2.86. The molecule has 2 heterocycles. The number of aromatic amines is 1. The maximum absolute atomic E-state index is 13.7. The highest BCUT2D eigenvalue weighted by atomic mass is 35.5. The molecule has 0 aliphatic carbocycles. The van der Waals surface area contributed by atoms with Crippen molar-refractivity contribution in [2.45, 2.75) is 52.7 Å². The molecule has 1 aliphatic heterocycles. The van der Waals surface area contributed by atoms with E-state index in [0.717, 1.165) is 10.1 Å². The van der Waals surface area contributed by atoms with Crippen LogP contribution in [0.4, 0.5) is 5.69 Å². The van der Waals surface area contributed by atoms with Crippen LogP contribution in [-0.4, -0.2) is 46.3 Å². The predicted molar refractivity (Wildman–Crippen MR) is 143 cm³/mol. The summed E-state index contributed by atoms with van der Waals surface area (Å²) in [6.07, 6.45) is -0.0387. The Kier molecular flexibility index (Phi) is 8.44. The lowest BCUT2D eigenvalue weighted by Gasteiger charge is -2.34. The van der Waals surface area contributed by atoms with Crippen LogP contribution in [0, 0.1) is 5.92 Å². The molecule has 0 amide bonds. The number of nitrogens with zero attached hydrogens (tertiary/aromatic N) is 3. The van der Waals surface area contributed by atoms with Gasteiger partial charge in [0.2, 0.25) is 5.62 Å². The van der Waals surface area contributed by atoms with Crippen molar-refractivity contribution in [3.8, 4) is 11.5 Å². The van der Waals surface area contributed by atoms with Gasteiger partial charge in [-0.1, -0.05) is 23.7 Å². The Balaban J connectivity index is 1.78. The van der Waals surface area contributed by atoms with E-state index in [0.29, 0.717) is 35.4 Å². The number of nitrogens with one attached hydrogen (secondary N) is 1. The summed E-state index contributed by atoms with van der Waals surface area (Å²) in [6, 6.07) is 12.3. The highest BCUT2D eigenvalue weighted by molar-refractivity contribution is 6.30. The van der Waals surface area contributed by atoms with E-state index in [2.05, 4.69) is 9.98 Å². The van der Waals surface area contributed by atoms with E-state index < -0.39 is 17.2 Å². The first kappa shape index (κ1) is 27.7. The van der Waals surface area contributed by atoms with Gasteiger partial charge < -0.3 is 18.9 Å². The summed E-state index contributed by atoms with van der Waals surface area (Å²) >= 11 is 6.05. The third-order valence-electron chi connectivity index (χ3n) is 5.95. The van der Waals surface area contributed by atoms with Gasteiger partial charge in [-0.3, -0.25) is 9.55 Å². The zero-order chi connectivity index (χ0) is 27.4. The third kappa shape index (κ3) is 6.75. The SMILES string of the molecule is COc1cc(/N=c2\[nH]c(=O)n(CC3COC(C)(C)OC3)c(=O)n2Cc2ccc(Cl)cc2)ccc1OC(C)C. The zero-order valence-corrected chi connectivity index (χ0v) is 22.9. The molecule has 3 aromatic rings. The van der Waals surface area contributed by atoms with Gasteiger partial charge in [-0.05, 0) is 57.5 Å². The topological polar surface area (TPSA) is 109 Å². The second-order valence-corrected chi connectivity index (χ2v) is 10.3. The van der Waals surface area contributed by atoms with Crippen molar-refractivity contribution < 1.29 is 18.9 Å². The molecule has 0 radical (unpaired) electrons. The van der Waals surface area contributed by atoms with Gasteiger partial charge >= 0.3 is 11.4 Å². The number of hydrogen-bond acceptors (Lipinski definition) is 7. The number of H-pyrrole nitrogens is 1. The van der Waals surface area contributed by atoms with Crippen LogP contribution in [0.25, 0.3) is 0 Å². The number of methoxy groups -OCH3 is 1. The lowest BCUT2D eigenvalue weighted by Crippen LogP contribution is -2.52. The molecule has 1 N–H and O–H groups in total. The molecule has 1 fully saturated rings. The minimum atomic E-state index is -0.693. The van der Waals surface area contributed by atoms with Crippen molar-refractivity contribution in [3.63, 3.8) is 0 Å². The van der Waals surface area contributed by atoms with Gasteiger partial charge in [0.15, 0.2) is 17.3 Å². The summed E-state index contributed by atoms with van der Waals surface area (Å²) in [5.74, 6) is 0.202. The standard InChI is InChI=1S/C27H33ClN4O6/c1-17(2)38-22-11-10-21(12-23(22)35-5)29-24-30-25(33)32(14-19-15-36-27(3,4)37-16-19)26(34)31(24)13-18-6-8-20(28)9-7-18/h6-12,17,19H,13-16H2,1-5H3,(H,29,30,33). The molecule has 11 heteroatoms. The van der Waals surface area contributed by atoms with E-state index in [1.807, 2.05) is 39.8 Å². The van der Waals surface area contributed by atoms with Crippen LogP contribution >= 0.6 is 11.6 Å². The fourth-order valence-electron chi connectivity index (χ4n) is 4.01. The Labute approximate surface area is 225 Å². The molecule has 0 bridgehead atoms. The van der Waals surface area contributed by atoms with Crippen molar-refractivity contribution in [1.29, 1.82) is 0 Å². The van der Waals surface area contributed by atoms with E-state index in [-0.39, 0.29) is 30.7 Å². The number of halogens is 1. The molecule has 0 saturated carbocycles. The van der Waals surface area contributed by atoms with E-state index in [4.69, 9.17) is 30.5 Å². The number of benzene rings is 2. The van der Waals surface area contributed by atoms with Crippen LogP contribution < -0.4 is 26.5 Å². The predicted octanol–water partition coefficient (Wildman–Crippen LogP) is 3.47. The largest absolute Gasteiger partial charge is 0.493 e. The van der Waals surface area contributed by atoms with Crippen LogP contribution in [-0.2, 0) is 22.6 Å². The number of ether oxygens (including phenoxy) is 4. The smallest absolute Gasteiger partial charge is 0.335 e. The lowest BCUT2D eigenvalue weighted by atomic mass is 10.1. The van der Waals surface area contributed by atoms with Crippen molar-refractivity contribution in [2.75, 3.05) is 20.3 Å². The molecule has 1 saturated heterocycles. The van der Waals surface area contributed by atoms with Crippen LogP contribution in [0.15, 0.2) is 57.0 Å². The molecule has 10 nitrogen and oxygen atoms in total. The molecule has 0 unspecified atom stereocenters. The average molecular weight is 545 g/mol. The molecule has 38 heavy (non-hydrogen) atoms. The lowest BCUT2D eigenvalue weighted by molar-refractivity contribution is -0.263. The monoisotopic (exact) mass is 544 g/mol. The quantitative estimate of drug-likeness (QED) is 0.465. The van der Waals surface area contributed by atoms with Gasteiger partial charge in [-0.25, -0.2) is 19.1 Å². The van der Waals surface area contributed by atoms with Crippen LogP contribution in [0.1, 0.15) is 33.3 Å². The van der Waals surface area contributed by atoms with Gasteiger partial charge in [-0.2, -0.15) is 0 Å². The first-order valence-electron chi connectivity index (χ1n) is 12.4. The molecular formula is C27H33ClN4O6. The summed E-state index contributed by atoms with van der Waals surface area (Å²) in [5.41, 5.74) is 0.322. The van der Waals surface area contributed by atoms with E-state index >= 15 is 0 Å². The minimum Gasteiger partial charge on any atom is -0.493 e. The maximum Gasteiger partial charge on any atom is 0.335 e. The molecule has 2 aromatic carbocycles. The van der Waals surface area contributed by atoms with Crippen molar-refractivity contribution >= 4 is 17.3 Å². The first-order chi connectivity index (χ1) is 18.0. The maximum atomic E-state index is 13.7. The van der Waals surface area contributed by atoms with Crippen LogP contribution in [0.5, 0.6) is 11.5 Å². The van der Waals surface area contributed by atoms with Gasteiger partial charge in [-0.15, -0.1) is 0 Å². The number of hydrogen-bond donors (Lipinski definition) is 1. The van der Waals surface area contributed by atoms with Gasteiger partial charge in [0.1, 0.15) is 0 Å². The summed E-state index contributed by atoms with van der Waals surface area (Å²) in [7, 11) is 1.54. The van der Waals surface area contributed by atoms with Crippen molar-refractivity contribution in [1.82, 2.24) is 14.1 Å². The third-order valence-corrected chi connectivity index (χ3v) is 6.21. The molecule has 1 aromatic heterocycles. The minimum absolute atomic E-state index is 0.0387. The van der Waals surface area contributed by atoms with Crippen molar-refractivity contribution in [2.24, 2.45) is 10.9 Å². The Morgan fingerprint density at radius 2 is 1.76 bits per heavy atom. The summed E-state index contributed by atoms with van der Waals surface area (Å²) in [6.45, 7) is 8.54. The highest BCUT2D eigenvalue weighted by Gasteiger charge is 2.29. The Hall–Kier alpha value is -3.34. The zero-order valence-electron chi connectivity index (χ0n) is 22.2. The van der Waals surface area contributed by atoms with Crippen LogP contribution in [0.2, 0.25) is 5.02 Å². The molecule has 0 atom stereocenters. The van der Waals surface area contributed by atoms with Crippen molar-refractivity contribution in [3.05, 3.63) is 79.6 Å². The number of rotatable bonds is 8. The number of aromatic nitrogens is 3. The van der Waals surface area contributed by atoms with E-state index in [1.165, 1.54) is 11.7 Å². The molecule has 1 aliphatic rings. The Morgan fingerprint density at radius 3 is 2.39 bits per heavy atom. The van der Waals surface area contributed by atoms with Gasteiger partial charge in [0.25, 0.3) is 0 Å². The first-order valence-corrected chi connectivity index (χ1v) is 12.8. The van der Waals surface area contributed by atoms with E-state index in [1.54, 1.807) is 30.3 Å². The van der Waals surface area contributed by atoms with Gasteiger partial charge in [0, 0.05) is 23.6 Å². The highest BCUT2D eigenvalue weighted by Crippen LogP contribution is 2.31. The molecule has 4 rings (SSSR count). The van der Waals surface area contributed by atoms with Gasteiger partial charge in [0.05, 0.1) is 38.7 Å². The molecule has 204 valence electrons. The second-order valence-electron chi connectivity index (χ2n) is 9.86. The Morgan fingerprint density at radius 1 is 1.08 bits per heavy atom. The summed E-state index contributed by atoms with van der Waals surface area (Å²) < 4.78 is 25.2. The molecule has 0 spiro atoms. The summed E-state index contributed by atoms with van der Waals surface area (Å²) in [5, 5.41) is 0.582. The van der Waals surface area contributed by atoms with Crippen LogP contribution in [0.3, 0.4) is 0 Å². The molecular weight excluding hydrogens is 512 g/mol. The Bertz CT molecular complexity index is 1450. The second kappa shape index (κ2) is 11.6.